The molecule has 17 heavy (non-hydrogen) atoms. The van der Waals surface area contributed by atoms with Gasteiger partial charge in [-0.1, -0.05) is 0 Å². The van der Waals surface area contributed by atoms with Gasteiger partial charge in [0.2, 0.25) is 0 Å². The van der Waals surface area contributed by atoms with Gasteiger partial charge in [-0.15, -0.1) is 0 Å². The van der Waals surface area contributed by atoms with E-state index < -0.39 is 0 Å². The Hall–Kier alpha value is -1.75. The molecule has 2 aromatic heterocycles. The Labute approximate surface area is 99.9 Å². The zero-order valence-electron chi connectivity index (χ0n) is 9.80. The first-order valence-electron chi connectivity index (χ1n) is 5.87. The van der Waals surface area contributed by atoms with Gasteiger partial charge < -0.3 is 4.98 Å². The summed E-state index contributed by atoms with van der Waals surface area (Å²) in [5.74, 6) is 0.799. The van der Waals surface area contributed by atoms with E-state index in [9.17, 15) is 0 Å². The number of imidazole rings is 1. The van der Waals surface area contributed by atoms with E-state index in [0.717, 1.165) is 30.2 Å². The van der Waals surface area contributed by atoms with Crippen molar-refractivity contribution in [2.24, 2.45) is 0 Å². The minimum absolute atomic E-state index is 0.365. The van der Waals surface area contributed by atoms with Crippen LogP contribution in [0.5, 0.6) is 0 Å². The van der Waals surface area contributed by atoms with Crippen LogP contribution in [0.2, 0.25) is 0 Å². The quantitative estimate of drug-likeness (QED) is 0.850. The number of aromatic nitrogens is 4. The third-order valence-corrected chi connectivity index (χ3v) is 3.29. The van der Waals surface area contributed by atoms with Gasteiger partial charge in [0.15, 0.2) is 5.82 Å². The minimum Gasteiger partial charge on any atom is -0.343 e. The first kappa shape index (κ1) is 10.4. The molecule has 1 saturated heterocycles. The molecular weight excluding hydrogens is 214 g/mol. The molecular formula is C12H15N5. The summed E-state index contributed by atoms with van der Waals surface area (Å²) in [4.78, 5) is 18.6. The van der Waals surface area contributed by atoms with E-state index in [2.05, 4.69) is 31.9 Å². The summed E-state index contributed by atoms with van der Waals surface area (Å²) >= 11 is 0. The van der Waals surface area contributed by atoms with Gasteiger partial charge in [0.1, 0.15) is 5.69 Å². The molecule has 0 amide bonds. The van der Waals surface area contributed by atoms with Gasteiger partial charge in [-0.3, -0.25) is 9.88 Å². The number of hydrogen-bond acceptors (Lipinski definition) is 4. The predicted molar refractivity (Wildman–Crippen MR) is 64.2 cm³/mol. The average molecular weight is 229 g/mol. The Balaban J connectivity index is 2.05. The normalized spacial score (nSPS) is 20.9. The van der Waals surface area contributed by atoms with Crippen LogP contribution in [0.1, 0.15) is 24.6 Å². The molecule has 1 aliphatic rings. The number of nitrogens with zero attached hydrogens (tertiary/aromatic N) is 4. The first-order valence-corrected chi connectivity index (χ1v) is 5.87. The molecule has 1 aliphatic heterocycles. The number of rotatable bonds is 2. The van der Waals surface area contributed by atoms with Crippen molar-refractivity contribution in [3.63, 3.8) is 0 Å². The Kier molecular flexibility index (Phi) is 2.60. The average Bonchev–Trinajstić information content (AvgIpc) is 3.00. The molecule has 1 atom stereocenters. The maximum absolute atomic E-state index is 4.50. The van der Waals surface area contributed by atoms with Gasteiger partial charge in [0.05, 0.1) is 11.7 Å². The summed E-state index contributed by atoms with van der Waals surface area (Å²) < 4.78 is 0. The van der Waals surface area contributed by atoms with Crippen molar-refractivity contribution in [2.45, 2.75) is 18.9 Å². The van der Waals surface area contributed by atoms with Crippen molar-refractivity contribution in [2.75, 3.05) is 13.6 Å². The number of aromatic amines is 1. The fraction of sp³-hybridized carbons (Fsp3) is 0.417. The van der Waals surface area contributed by atoms with Crippen molar-refractivity contribution in [1.82, 2.24) is 24.8 Å². The third kappa shape index (κ3) is 1.82. The van der Waals surface area contributed by atoms with E-state index in [4.69, 9.17) is 0 Å². The molecule has 5 nitrogen and oxygen atoms in total. The summed E-state index contributed by atoms with van der Waals surface area (Å²) in [6, 6.07) is 0.365. The SMILES string of the molecule is CN1CCC[C@H]1c1nccnc1-c1ncc[nH]1. The monoisotopic (exact) mass is 229 g/mol. The summed E-state index contributed by atoms with van der Waals surface area (Å²) in [7, 11) is 2.14. The summed E-state index contributed by atoms with van der Waals surface area (Å²) in [5, 5.41) is 0. The van der Waals surface area contributed by atoms with E-state index >= 15 is 0 Å². The van der Waals surface area contributed by atoms with Crippen LogP contribution in [-0.4, -0.2) is 38.4 Å². The molecule has 0 spiro atoms. The zero-order valence-corrected chi connectivity index (χ0v) is 9.80. The maximum Gasteiger partial charge on any atom is 0.157 e. The fourth-order valence-corrected chi connectivity index (χ4v) is 2.43. The Morgan fingerprint density at radius 1 is 1.24 bits per heavy atom. The fourth-order valence-electron chi connectivity index (χ4n) is 2.43. The van der Waals surface area contributed by atoms with E-state index in [1.807, 2.05) is 6.20 Å². The number of H-pyrrole nitrogens is 1. The summed E-state index contributed by atoms with van der Waals surface area (Å²) in [6.07, 6.45) is 9.39. The minimum atomic E-state index is 0.365. The largest absolute Gasteiger partial charge is 0.343 e. The van der Waals surface area contributed by atoms with Crippen LogP contribution < -0.4 is 0 Å². The molecule has 3 rings (SSSR count). The molecule has 1 fully saturated rings. The highest BCUT2D eigenvalue weighted by atomic mass is 15.2. The molecule has 0 unspecified atom stereocenters. The third-order valence-electron chi connectivity index (χ3n) is 3.29. The van der Waals surface area contributed by atoms with Crippen LogP contribution in [0.15, 0.2) is 24.8 Å². The number of nitrogens with one attached hydrogen (secondary N) is 1. The van der Waals surface area contributed by atoms with Gasteiger partial charge >= 0.3 is 0 Å². The summed E-state index contributed by atoms with van der Waals surface area (Å²) in [6.45, 7) is 1.12. The molecule has 0 aromatic carbocycles. The smallest absolute Gasteiger partial charge is 0.157 e. The molecule has 88 valence electrons. The highest BCUT2D eigenvalue weighted by molar-refractivity contribution is 5.53. The molecule has 5 heteroatoms. The Morgan fingerprint density at radius 3 is 2.82 bits per heavy atom. The standard InChI is InChI=1S/C12H15N5/c1-17-8-2-3-9(17)10-11(14-5-4-13-10)12-15-6-7-16-12/h4-7,9H,2-3,8H2,1H3,(H,15,16)/t9-/m0/s1. The van der Waals surface area contributed by atoms with E-state index in [1.165, 1.54) is 6.42 Å². The van der Waals surface area contributed by atoms with Crippen molar-refractivity contribution in [1.29, 1.82) is 0 Å². The maximum atomic E-state index is 4.50. The lowest BCUT2D eigenvalue weighted by Crippen LogP contribution is -2.19. The molecule has 1 N–H and O–H groups in total. The highest BCUT2D eigenvalue weighted by Crippen LogP contribution is 2.32. The van der Waals surface area contributed by atoms with Crippen LogP contribution in [0.25, 0.3) is 11.5 Å². The van der Waals surface area contributed by atoms with Crippen LogP contribution in [0, 0.1) is 0 Å². The van der Waals surface area contributed by atoms with Crippen molar-refractivity contribution < 1.29 is 0 Å². The lowest BCUT2D eigenvalue weighted by Gasteiger charge is -2.19. The van der Waals surface area contributed by atoms with Gasteiger partial charge in [-0.2, -0.15) is 0 Å². The second-order valence-corrected chi connectivity index (χ2v) is 4.37. The molecule has 0 aliphatic carbocycles. The molecule has 0 bridgehead atoms. The molecule has 0 radical (unpaired) electrons. The second-order valence-electron chi connectivity index (χ2n) is 4.37. The Bertz CT molecular complexity index is 493. The molecule has 2 aromatic rings. The predicted octanol–water partition coefficient (Wildman–Crippen LogP) is 1.63. The van der Waals surface area contributed by atoms with Gasteiger partial charge in [-0.05, 0) is 26.4 Å². The second kappa shape index (κ2) is 4.25. The van der Waals surface area contributed by atoms with E-state index in [1.54, 1.807) is 18.6 Å². The van der Waals surface area contributed by atoms with Gasteiger partial charge in [0.25, 0.3) is 0 Å². The van der Waals surface area contributed by atoms with Crippen LogP contribution in [0.3, 0.4) is 0 Å². The van der Waals surface area contributed by atoms with Crippen LogP contribution in [-0.2, 0) is 0 Å². The van der Waals surface area contributed by atoms with Crippen molar-refractivity contribution in [3.05, 3.63) is 30.5 Å². The topological polar surface area (TPSA) is 57.7 Å². The Morgan fingerprint density at radius 2 is 2.12 bits per heavy atom. The molecule has 0 saturated carbocycles. The van der Waals surface area contributed by atoms with E-state index in [-0.39, 0.29) is 0 Å². The number of likely N-dealkylation sites (tertiary alicyclic amines) is 1. The first-order chi connectivity index (χ1) is 8.36. The van der Waals surface area contributed by atoms with Crippen molar-refractivity contribution in [3.8, 4) is 11.5 Å². The lowest BCUT2D eigenvalue weighted by atomic mass is 10.1. The van der Waals surface area contributed by atoms with Crippen LogP contribution in [0.4, 0.5) is 0 Å². The van der Waals surface area contributed by atoms with Gasteiger partial charge in [-0.25, -0.2) is 9.97 Å². The van der Waals surface area contributed by atoms with Crippen LogP contribution >= 0.6 is 0 Å². The number of hydrogen-bond donors (Lipinski definition) is 1. The van der Waals surface area contributed by atoms with E-state index in [0.29, 0.717) is 6.04 Å². The van der Waals surface area contributed by atoms with Crippen molar-refractivity contribution >= 4 is 0 Å². The molecule has 3 heterocycles. The highest BCUT2D eigenvalue weighted by Gasteiger charge is 2.27. The van der Waals surface area contributed by atoms with Gasteiger partial charge in [0, 0.05) is 24.8 Å². The summed E-state index contributed by atoms with van der Waals surface area (Å²) in [5.41, 5.74) is 1.90. The zero-order chi connectivity index (χ0) is 11.7. The lowest BCUT2D eigenvalue weighted by molar-refractivity contribution is 0.312.